The highest BCUT2D eigenvalue weighted by Gasteiger charge is 2.47. The Kier molecular flexibility index (Phi) is 5.18. The molecule has 6 heteroatoms. The predicted molar refractivity (Wildman–Crippen MR) is 118 cm³/mol. The lowest BCUT2D eigenvalue weighted by atomic mass is 9.87. The van der Waals surface area contributed by atoms with E-state index in [1.165, 1.54) is 7.11 Å². The first-order chi connectivity index (χ1) is 15.1. The van der Waals surface area contributed by atoms with Crippen LogP contribution in [0.1, 0.15) is 37.7 Å². The van der Waals surface area contributed by atoms with Crippen molar-refractivity contribution in [3.63, 3.8) is 0 Å². The molecule has 3 aliphatic heterocycles. The molecular weight excluding hydrogens is 392 g/mol. The first-order valence-electron chi connectivity index (χ1n) is 11.1. The molecule has 0 spiro atoms. The SMILES string of the molecule is COC(=O)C1=C(c2ccc3ccccc3c2)C[C@@H]2CC[C@H]1N2C(=O)N1CCC(O)CC1. The van der Waals surface area contributed by atoms with Crippen LogP contribution in [0, 0.1) is 0 Å². The smallest absolute Gasteiger partial charge is 0.336 e. The van der Waals surface area contributed by atoms with Gasteiger partial charge in [-0.2, -0.15) is 0 Å². The molecule has 5 rings (SSSR count). The van der Waals surface area contributed by atoms with Gasteiger partial charge in [0.05, 0.1) is 24.8 Å². The number of aliphatic hydroxyl groups excluding tert-OH is 1. The van der Waals surface area contributed by atoms with Crippen LogP contribution in [0.25, 0.3) is 16.3 Å². The van der Waals surface area contributed by atoms with Crippen molar-refractivity contribution in [3.05, 3.63) is 53.6 Å². The number of esters is 1. The van der Waals surface area contributed by atoms with Gasteiger partial charge in [0.15, 0.2) is 0 Å². The Balaban J connectivity index is 1.53. The topological polar surface area (TPSA) is 70.1 Å². The summed E-state index contributed by atoms with van der Waals surface area (Å²) in [5.41, 5.74) is 2.66. The van der Waals surface area contributed by atoms with Crippen molar-refractivity contribution in [1.29, 1.82) is 0 Å². The van der Waals surface area contributed by atoms with Gasteiger partial charge in [0, 0.05) is 19.1 Å². The van der Waals surface area contributed by atoms with E-state index in [2.05, 4.69) is 30.3 Å². The van der Waals surface area contributed by atoms with Gasteiger partial charge < -0.3 is 19.6 Å². The second-order valence-corrected chi connectivity index (χ2v) is 8.80. The van der Waals surface area contributed by atoms with E-state index < -0.39 is 0 Å². The average Bonchev–Trinajstić information content (AvgIpc) is 3.11. The lowest BCUT2D eigenvalue weighted by molar-refractivity contribution is -0.136. The molecule has 0 saturated carbocycles. The number of amides is 2. The fourth-order valence-corrected chi connectivity index (χ4v) is 5.44. The number of urea groups is 1. The number of aliphatic hydroxyl groups is 1. The minimum atomic E-state index is -0.347. The van der Waals surface area contributed by atoms with Crippen LogP contribution in [0.5, 0.6) is 0 Å². The molecule has 3 aliphatic rings. The van der Waals surface area contributed by atoms with Crippen LogP contribution < -0.4 is 0 Å². The standard InChI is InChI=1S/C25H28N2O4/c1-31-24(29)23-21(18-7-6-16-4-2-3-5-17(16)14-18)15-19-8-9-22(23)27(19)25(30)26-12-10-20(28)11-13-26/h2-7,14,19-20,22,28H,8-13,15H2,1H3/t19-,22+/m0/s1. The van der Waals surface area contributed by atoms with Crippen molar-refractivity contribution in [2.75, 3.05) is 20.2 Å². The number of fused-ring (bicyclic) bond motifs is 3. The zero-order chi connectivity index (χ0) is 21.5. The van der Waals surface area contributed by atoms with Crippen LogP contribution >= 0.6 is 0 Å². The number of piperidine rings is 1. The van der Waals surface area contributed by atoms with E-state index in [4.69, 9.17) is 4.74 Å². The molecule has 0 aromatic heterocycles. The number of hydrogen-bond acceptors (Lipinski definition) is 4. The van der Waals surface area contributed by atoms with E-state index >= 15 is 0 Å². The number of benzene rings is 2. The zero-order valence-corrected chi connectivity index (χ0v) is 17.8. The first-order valence-corrected chi connectivity index (χ1v) is 11.1. The number of likely N-dealkylation sites (tertiary alicyclic amines) is 1. The van der Waals surface area contributed by atoms with Crippen molar-refractivity contribution in [2.45, 2.75) is 50.3 Å². The Hall–Kier alpha value is -2.86. The van der Waals surface area contributed by atoms with Gasteiger partial charge in [0.2, 0.25) is 0 Å². The maximum atomic E-state index is 13.4. The molecule has 0 unspecified atom stereocenters. The largest absolute Gasteiger partial charge is 0.466 e. The molecule has 2 fully saturated rings. The minimum Gasteiger partial charge on any atom is -0.466 e. The fourth-order valence-electron chi connectivity index (χ4n) is 5.44. The fraction of sp³-hybridized carbons (Fsp3) is 0.440. The molecule has 162 valence electrons. The summed E-state index contributed by atoms with van der Waals surface area (Å²) in [5, 5.41) is 12.1. The summed E-state index contributed by atoms with van der Waals surface area (Å²) in [7, 11) is 1.41. The van der Waals surface area contributed by atoms with E-state index in [0.29, 0.717) is 37.9 Å². The number of carbonyl (C=O) groups excluding carboxylic acids is 2. The summed E-state index contributed by atoms with van der Waals surface area (Å²) >= 11 is 0. The van der Waals surface area contributed by atoms with Gasteiger partial charge >= 0.3 is 12.0 Å². The summed E-state index contributed by atoms with van der Waals surface area (Å²) in [5.74, 6) is -0.347. The third-order valence-corrected chi connectivity index (χ3v) is 7.06. The molecule has 2 bridgehead atoms. The summed E-state index contributed by atoms with van der Waals surface area (Å²) in [4.78, 5) is 30.1. The van der Waals surface area contributed by atoms with Gasteiger partial charge in [-0.05, 0) is 60.1 Å². The van der Waals surface area contributed by atoms with Crippen molar-refractivity contribution >= 4 is 28.3 Å². The summed E-state index contributed by atoms with van der Waals surface area (Å²) in [6.07, 6.45) is 3.20. The van der Waals surface area contributed by atoms with Gasteiger partial charge in [-0.15, -0.1) is 0 Å². The maximum Gasteiger partial charge on any atom is 0.336 e. The predicted octanol–water partition coefficient (Wildman–Crippen LogP) is 3.58. The van der Waals surface area contributed by atoms with Crippen LogP contribution in [0.15, 0.2) is 48.0 Å². The van der Waals surface area contributed by atoms with Crippen LogP contribution in [0.2, 0.25) is 0 Å². The van der Waals surface area contributed by atoms with Crippen molar-refractivity contribution in [1.82, 2.24) is 9.80 Å². The van der Waals surface area contributed by atoms with Crippen molar-refractivity contribution in [2.24, 2.45) is 0 Å². The molecule has 2 amide bonds. The Labute approximate surface area is 182 Å². The van der Waals surface area contributed by atoms with Crippen LogP contribution in [-0.4, -0.2) is 65.3 Å². The summed E-state index contributed by atoms with van der Waals surface area (Å²) in [6, 6.07) is 14.3. The molecule has 1 N–H and O–H groups in total. The highest BCUT2D eigenvalue weighted by molar-refractivity contribution is 6.02. The number of carbonyl (C=O) groups is 2. The Bertz CT molecular complexity index is 1050. The number of hydrogen-bond donors (Lipinski definition) is 1. The molecular formula is C25H28N2O4. The van der Waals surface area contributed by atoms with Gasteiger partial charge in [0.25, 0.3) is 0 Å². The van der Waals surface area contributed by atoms with Crippen molar-refractivity contribution < 1.29 is 19.4 Å². The third kappa shape index (κ3) is 3.49. The molecule has 2 aromatic carbocycles. The molecule has 2 atom stereocenters. The second-order valence-electron chi connectivity index (χ2n) is 8.80. The van der Waals surface area contributed by atoms with Crippen LogP contribution in [-0.2, 0) is 9.53 Å². The Morgan fingerprint density at radius 1 is 1.00 bits per heavy atom. The number of nitrogens with zero attached hydrogens (tertiary/aromatic N) is 2. The third-order valence-electron chi connectivity index (χ3n) is 7.06. The molecule has 0 aliphatic carbocycles. The number of rotatable bonds is 2. The minimum absolute atomic E-state index is 0.0154. The monoisotopic (exact) mass is 420 g/mol. The molecule has 3 heterocycles. The highest BCUT2D eigenvalue weighted by Crippen LogP contribution is 2.44. The summed E-state index contributed by atoms with van der Waals surface area (Å²) < 4.78 is 5.19. The van der Waals surface area contributed by atoms with E-state index in [1.54, 1.807) is 0 Å². The molecule has 2 saturated heterocycles. The summed E-state index contributed by atoms with van der Waals surface area (Å²) in [6.45, 7) is 1.12. The van der Waals surface area contributed by atoms with Gasteiger partial charge in [0.1, 0.15) is 0 Å². The van der Waals surface area contributed by atoms with Gasteiger partial charge in [-0.3, -0.25) is 0 Å². The lowest BCUT2D eigenvalue weighted by Gasteiger charge is -2.41. The zero-order valence-electron chi connectivity index (χ0n) is 17.8. The van der Waals surface area contributed by atoms with Crippen LogP contribution in [0.3, 0.4) is 0 Å². The molecule has 0 radical (unpaired) electrons. The average molecular weight is 421 g/mol. The quantitative estimate of drug-likeness (QED) is 0.754. The van der Waals surface area contributed by atoms with Gasteiger partial charge in [-0.25, -0.2) is 9.59 Å². The van der Waals surface area contributed by atoms with E-state index in [9.17, 15) is 14.7 Å². The molecule has 31 heavy (non-hydrogen) atoms. The Morgan fingerprint density at radius 3 is 2.48 bits per heavy atom. The van der Waals surface area contributed by atoms with Gasteiger partial charge in [-0.1, -0.05) is 36.4 Å². The number of methoxy groups -OCH3 is 1. The van der Waals surface area contributed by atoms with Crippen molar-refractivity contribution in [3.8, 4) is 0 Å². The van der Waals surface area contributed by atoms with E-state index in [-0.39, 0.29) is 30.2 Å². The molecule has 2 aromatic rings. The van der Waals surface area contributed by atoms with Crippen LogP contribution in [0.4, 0.5) is 4.79 Å². The lowest BCUT2D eigenvalue weighted by Crippen LogP contribution is -2.54. The Morgan fingerprint density at radius 2 is 1.74 bits per heavy atom. The normalized spacial score (nSPS) is 24.1. The first kappa shape index (κ1) is 20.1. The van der Waals surface area contributed by atoms with E-state index in [1.807, 2.05) is 21.9 Å². The maximum absolute atomic E-state index is 13.4. The highest BCUT2D eigenvalue weighted by atomic mass is 16.5. The molecule has 6 nitrogen and oxygen atoms in total. The van der Waals surface area contributed by atoms with E-state index in [0.717, 1.165) is 34.8 Å². The second kappa shape index (κ2) is 8.00. The number of ether oxygens (including phenoxy) is 1.